The van der Waals surface area contributed by atoms with Gasteiger partial charge in [-0.3, -0.25) is 4.79 Å². The van der Waals surface area contributed by atoms with Crippen molar-refractivity contribution in [2.24, 2.45) is 5.73 Å². The summed E-state index contributed by atoms with van der Waals surface area (Å²) in [4.78, 5) is 22.1. The molecule has 0 aromatic carbocycles. The van der Waals surface area contributed by atoms with E-state index >= 15 is 0 Å². The van der Waals surface area contributed by atoms with Crippen LogP contribution in [-0.4, -0.2) is 24.2 Å². The zero-order valence-electron chi connectivity index (χ0n) is 9.02. The number of nitrogens with two attached hydrogens (primary N) is 1. The first-order valence-corrected chi connectivity index (χ1v) is 5.49. The van der Waals surface area contributed by atoms with Crippen molar-refractivity contribution >= 4 is 23.3 Å². The highest BCUT2D eigenvalue weighted by molar-refractivity contribution is 7.12. The maximum Gasteiger partial charge on any atom is 0.346 e. The van der Waals surface area contributed by atoms with Crippen LogP contribution in [0.2, 0.25) is 0 Å². The lowest BCUT2D eigenvalue weighted by molar-refractivity contribution is -0.141. The Bertz CT molecular complexity index is 413. The highest BCUT2D eigenvalue weighted by Gasteiger charge is 2.19. The lowest BCUT2D eigenvalue weighted by Gasteiger charge is -2.09. The first-order valence-electron chi connectivity index (χ1n) is 4.61. The number of carbonyl (C=O) groups is 2. The van der Waals surface area contributed by atoms with E-state index in [1.165, 1.54) is 7.11 Å². The number of carbonyl (C=O) groups excluding carboxylic acids is 1. The van der Waals surface area contributed by atoms with E-state index in [2.05, 4.69) is 4.74 Å². The third kappa shape index (κ3) is 2.59. The largest absolute Gasteiger partial charge is 0.477 e. The van der Waals surface area contributed by atoms with Crippen LogP contribution in [-0.2, 0) is 9.53 Å². The Labute approximate surface area is 96.8 Å². The fraction of sp³-hybridized carbons (Fsp3) is 0.400. The molecule has 0 amide bonds. The molecule has 0 bridgehead atoms. The molecule has 0 aliphatic heterocycles. The van der Waals surface area contributed by atoms with Crippen molar-refractivity contribution in [3.8, 4) is 0 Å². The van der Waals surface area contributed by atoms with Gasteiger partial charge < -0.3 is 15.6 Å². The molecule has 1 heterocycles. The summed E-state index contributed by atoms with van der Waals surface area (Å²) in [6, 6.07) is -0.517. The van der Waals surface area contributed by atoms with Gasteiger partial charge in [0.2, 0.25) is 0 Å². The summed E-state index contributed by atoms with van der Waals surface area (Å²) in [6.45, 7) is 1.69. The first-order chi connectivity index (χ1) is 7.47. The van der Waals surface area contributed by atoms with Gasteiger partial charge in [-0.15, -0.1) is 11.3 Å². The number of ether oxygens (including phenoxy) is 1. The average Bonchev–Trinajstić information content (AvgIpc) is 2.59. The molecule has 88 valence electrons. The maximum absolute atomic E-state index is 11.0. The van der Waals surface area contributed by atoms with Gasteiger partial charge in [-0.25, -0.2) is 4.79 Å². The standard InChI is InChI=1S/C10H13NO4S/c1-5-6(4-16-9(5)10(13)14)7(11)3-8(12)15-2/h4,7H,3,11H2,1-2H3,(H,13,14)/t7-/m1/s1. The molecule has 0 aliphatic rings. The zero-order valence-corrected chi connectivity index (χ0v) is 9.84. The Balaban J connectivity index is 2.88. The van der Waals surface area contributed by atoms with Crippen molar-refractivity contribution in [1.29, 1.82) is 0 Å². The van der Waals surface area contributed by atoms with Gasteiger partial charge in [-0.1, -0.05) is 0 Å². The number of aromatic carboxylic acids is 1. The van der Waals surface area contributed by atoms with Crippen LogP contribution in [0, 0.1) is 6.92 Å². The van der Waals surface area contributed by atoms with Crippen LogP contribution in [0.5, 0.6) is 0 Å². The van der Waals surface area contributed by atoms with Crippen LogP contribution in [0.15, 0.2) is 5.38 Å². The van der Waals surface area contributed by atoms with Crippen molar-refractivity contribution < 1.29 is 19.4 Å². The molecular weight excluding hydrogens is 230 g/mol. The third-order valence-corrected chi connectivity index (χ3v) is 3.37. The van der Waals surface area contributed by atoms with Crippen LogP contribution in [0.3, 0.4) is 0 Å². The van der Waals surface area contributed by atoms with Crippen molar-refractivity contribution in [2.75, 3.05) is 7.11 Å². The van der Waals surface area contributed by atoms with E-state index in [1.54, 1.807) is 12.3 Å². The Morgan fingerprint density at radius 1 is 1.62 bits per heavy atom. The van der Waals surface area contributed by atoms with Crippen LogP contribution in [0.1, 0.15) is 33.3 Å². The number of thiophene rings is 1. The van der Waals surface area contributed by atoms with E-state index < -0.39 is 18.0 Å². The molecular formula is C10H13NO4S. The summed E-state index contributed by atoms with van der Waals surface area (Å²) in [5, 5.41) is 10.5. The van der Waals surface area contributed by atoms with E-state index in [0.29, 0.717) is 11.1 Å². The summed E-state index contributed by atoms with van der Waals surface area (Å²) in [7, 11) is 1.29. The SMILES string of the molecule is COC(=O)C[C@@H](N)c1csc(C(=O)O)c1C. The second-order valence-corrected chi connectivity index (χ2v) is 4.22. The van der Waals surface area contributed by atoms with Crippen molar-refractivity contribution in [2.45, 2.75) is 19.4 Å². The van der Waals surface area contributed by atoms with Gasteiger partial charge in [0, 0.05) is 6.04 Å². The number of esters is 1. The van der Waals surface area contributed by atoms with Crippen molar-refractivity contribution in [3.05, 3.63) is 21.4 Å². The molecule has 0 saturated carbocycles. The minimum absolute atomic E-state index is 0.0487. The monoisotopic (exact) mass is 243 g/mol. The normalized spacial score (nSPS) is 12.2. The molecule has 16 heavy (non-hydrogen) atoms. The molecule has 0 fully saturated rings. The molecule has 1 atom stereocenters. The molecule has 0 aliphatic carbocycles. The molecule has 0 saturated heterocycles. The highest BCUT2D eigenvalue weighted by atomic mass is 32.1. The van der Waals surface area contributed by atoms with Gasteiger partial charge in [-0.05, 0) is 23.4 Å². The minimum atomic E-state index is -0.973. The van der Waals surface area contributed by atoms with Gasteiger partial charge in [0.05, 0.1) is 13.5 Å². The van der Waals surface area contributed by atoms with Crippen LogP contribution < -0.4 is 5.73 Å². The van der Waals surface area contributed by atoms with Crippen LogP contribution in [0.4, 0.5) is 0 Å². The summed E-state index contributed by atoms with van der Waals surface area (Å²) >= 11 is 1.12. The minimum Gasteiger partial charge on any atom is -0.477 e. The lowest BCUT2D eigenvalue weighted by atomic mass is 10.0. The fourth-order valence-corrected chi connectivity index (χ4v) is 2.37. The molecule has 0 radical (unpaired) electrons. The van der Waals surface area contributed by atoms with Gasteiger partial charge in [0.25, 0.3) is 0 Å². The molecule has 0 unspecified atom stereocenters. The van der Waals surface area contributed by atoms with E-state index in [-0.39, 0.29) is 11.3 Å². The van der Waals surface area contributed by atoms with Gasteiger partial charge in [0.15, 0.2) is 0 Å². The topological polar surface area (TPSA) is 89.6 Å². The Morgan fingerprint density at radius 3 is 2.69 bits per heavy atom. The summed E-state index contributed by atoms with van der Waals surface area (Å²) in [5.41, 5.74) is 7.11. The number of hydrogen-bond acceptors (Lipinski definition) is 5. The molecule has 3 N–H and O–H groups in total. The molecule has 1 rings (SSSR count). The number of carboxylic acids is 1. The summed E-state index contributed by atoms with van der Waals surface area (Å²) in [6.07, 6.45) is 0.0487. The van der Waals surface area contributed by atoms with E-state index in [4.69, 9.17) is 10.8 Å². The maximum atomic E-state index is 11.0. The van der Waals surface area contributed by atoms with Crippen molar-refractivity contribution in [1.82, 2.24) is 0 Å². The quantitative estimate of drug-likeness (QED) is 0.778. The molecule has 1 aromatic heterocycles. The molecule has 6 heteroatoms. The smallest absolute Gasteiger partial charge is 0.346 e. The molecule has 1 aromatic rings. The Hall–Kier alpha value is -1.40. The molecule has 0 spiro atoms. The second kappa shape index (κ2) is 5.09. The van der Waals surface area contributed by atoms with Gasteiger partial charge in [0.1, 0.15) is 4.88 Å². The predicted molar refractivity (Wildman–Crippen MR) is 59.6 cm³/mol. The van der Waals surface area contributed by atoms with Gasteiger partial charge >= 0.3 is 11.9 Å². The van der Waals surface area contributed by atoms with E-state index in [1.807, 2.05) is 0 Å². The van der Waals surface area contributed by atoms with Crippen molar-refractivity contribution in [3.63, 3.8) is 0 Å². The van der Waals surface area contributed by atoms with Crippen LogP contribution in [0.25, 0.3) is 0 Å². The Kier molecular flexibility index (Phi) is 4.03. The first kappa shape index (κ1) is 12.7. The number of rotatable bonds is 4. The number of hydrogen-bond donors (Lipinski definition) is 2. The summed E-state index contributed by atoms with van der Waals surface area (Å²) in [5.74, 6) is -1.38. The Morgan fingerprint density at radius 2 is 2.25 bits per heavy atom. The number of methoxy groups -OCH3 is 1. The highest BCUT2D eigenvalue weighted by Crippen LogP contribution is 2.27. The fourth-order valence-electron chi connectivity index (χ4n) is 1.38. The van der Waals surface area contributed by atoms with Gasteiger partial charge in [-0.2, -0.15) is 0 Å². The third-order valence-electron chi connectivity index (χ3n) is 2.29. The second-order valence-electron chi connectivity index (χ2n) is 3.34. The zero-order chi connectivity index (χ0) is 12.3. The van der Waals surface area contributed by atoms with E-state index in [9.17, 15) is 9.59 Å². The van der Waals surface area contributed by atoms with E-state index in [0.717, 1.165) is 11.3 Å². The van der Waals surface area contributed by atoms with Crippen LogP contribution >= 0.6 is 11.3 Å². The summed E-state index contributed by atoms with van der Waals surface area (Å²) < 4.78 is 4.50. The molecule has 5 nitrogen and oxygen atoms in total. The average molecular weight is 243 g/mol. The predicted octanol–water partition coefficient (Wildman–Crippen LogP) is 1.32. The lowest BCUT2D eigenvalue weighted by Crippen LogP contribution is -2.16. The number of carboxylic acid groups (broad SMARTS) is 1.